The fourth-order valence-electron chi connectivity index (χ4n) is 1.66. The third kappa shape index (κ3) is 3.44. The minimum absolute atomic E-state index is 0.254. The molecule has 0 aliphatic carbocycles. The molecule has 2 aromatic heterocycles. The number of halogens is 1. The van der Waals surface area contributed by atoms with Crippen LogP contribution in [0.1, 0.15) is 31.2 Å². The summed E-state index contributed by atoms with van der Waals surface area (Å²) < 4.78 is 1.87. The Morgan fingerprint density at radius 1 is 1.37 bits per heavy atom. The number of anilines is 1. The highest BCUT2D eigenvalue weighted by Gasteiger charge is 2.11. The average molecular weight is 280 g/mol. The Labute approximate surface area is 118 Å². The van der Waals surface area contributed by atoms with Crippen LogP contribution in [0.25, 0.3) is 0 Å². The summed E-state index contributed by atoms with van der Waals surface area (Å²) in [7, 11) is 0. The van der Waals surface area contributed by atoms with Crippen LogP contribution in [-0.2, 0) is 6.54 Å². The molecule has 6 heteroatoms. The number of rotatable bonds is 5. The van der Waals surface area contributed by atoms with Gasteiger partial charge < -0.3 is 5.32 Å². The summed E-state index contributed by atoms with van der Waals surface area (Å²) in [6.45, 7) is 7.55. The number of aromatic nitrogens is 4. The van der Waals surface area contributed by atoms with Gasteiger partial charge in [-0.25, -0.2) is 9.97 Å². The normalized spacial score (nSPS) is 11.0. The molecule has 0 spiro atoms. The summed E-state index contributed by atoms with van der Waals surface area (Å²) in [5.74, 6) is 1.82. The first kappa shape index (κ1) is 13.8. The topological polar surface area (TPSA) is 55.6 Å². The Morgan fingerprint density at radius 3 is 2.79 bits per heavy atom. The molecule has 0 aliphatic heterocycles. The lowest BCUT2D eigenvalue weighted by atomic mass is 10.2. The number of hydrogen-bond donors (Lipinski definition) is 1. The second-order valence-corrected chi connectivity index (χ2v) is 5.05. The van der Waals surface area contributed by atoms with Crippen LogP contribution < -0.4 is 5.32 Å². The predicted molar refractivity (Wildman–Crippen MR) is 76.6 cm³/mol. The first-order valence-corrected chi connectivity index (χ1v) is 6.71. The van der Waals surface area contributed by atoms with E-state index in [1.165, 1.54) is 0 Å². The lowest BCUT2D eigenvalue weighted by Crippen LogP contribution is -2.14. The summed E-state index contributed by atoms with van der Waals surface area (Å²) in [5, 5.41) is 7.96. The molecule has 0 radical (unpaired) electrons. The smallest absolute Gasteiger partial charge is 0.137 e. The molecule has 1 N–H and O–H groups in total. The first-order chi connectivity index (χ1) is 9.08. The van der Waals surface area contributed by atoms with E-state index in [9.17, 15) is 0 Å². The monoisotopic (exact) mass is 279 g/mol. The van der Waals surface area contributed by atoms with Crippen molar-refractivity contribution in [1.29, 1.82) is 0 Å². The lowest BCUT2D eigenvalue weighted by molar-refractivity contribution is 0.636. The molecule has 0 bridgehead atoms. The van der Waals surface area contributed by atoms with Crippen molar-refractivity contribution < 1.29 is 0 Å². The van der Waals surface area contributed by atoms with Crippen LogP contribution in [-0.4, -0.2) is 26.3 Å². The van der Waals surface area contributed by atoms with E-state index < -0.39 is 0 Å². The molecular weight excluding hydrogens is 262 g/mol. The Morgan fingerprint density at radius 2 is 2.16 bits per heavy atom. The van der Waals surface area contributed by atoms with E-state index in [0.717, 1.165) is 30.3 Å². The van der Waals surface area contributed by atoms with Crippen molar-refractivity contribution in [2.24, 2.45) is 0 Å². The summed E-state index contributed by atoms with van der Waals surface area (Å²) in [6, 6.07) is 1.91. The predicted octanol–water partition coefficient (Wildman–Crippen LogP) is 2.87. The van der Waals surface area contributed by atoms with Gasteiger partial charge in [-0.15, -0.1) is 0 Å². The van der Waals surface area contributed by atoms with Crippen LogP contribution in [0.2, 0.25) is 5.15 Å². The van der Waals surface area contributed by atoms with Crippen LogP contribution in [0.15, 0.2) is 18.5 Å². The van der Waals surface area contributed by atoms with Crippen molar-refractivity contribution >= 4 is 17.4 Å². The van der Waals surface area contributed by atoms with Gasteiger partial charge in [0.05, 0.1) is 6.54 Å². The van der Waals surface area contributed by atoms with E-state index in [1.807, 2.05) is 23.9 Å². The number of nitrogens with zero attached hydrogens (tertiary/aromatic N) is 4. The second-order valence-electron chi connectivity index (χ2n) is 4.70. The zero-order chi connectivity index (χ0) is 13.8. The van der Waals surface area contributed by atoms with E-state index in [-0.39, 0.29) is 5.92 Å². The molecule has 5 nitrogen and oxygen atoms in total. The summed E-state index contributed by atoms with van der Waals surface area (Å²) in [6.07, 6.45) is 3.70. The molecule has 0 amide bonds. The van der Waals surface area contributed by atoms with Crippen molar-refractivity contribution in [3.8, 4) is 0 Å². The lowest BCUT2D eigenvalue weighted by Gasteiger charge is -2.12. The third-order valence-electron chi connectivity index (χ3n) is 2.81. The molecule has 0 aromatic carbocycles. The van der Waals surface area contributed by atoms with Gasteiger partial charge in [-0.3, -0.25) is 4.68 Å². The molecule has 19 heavy (non-hydrogen) atoms. The Bertz CT molecular complexity index is 536. The van der Waals surface area contributed by atoms with Crippen LogP contribution >= 0.6 is 11.6 Å². The molecular formula is C13H18ClN5. The number of hydrogen-bond acceptors (Lipinski definition) is 4. The zero-order valence-corrected chi connectivity index (χ0v) is 12.1. The second kappa shape index (κ2) is 6.02. The largest absolute Gasteiger partial charge is 0.368 e. The third-order valence-corrected chi connectivity index (χ3v) is 3.18. The van der Waals surface area contributed by atoms with Crippen molar-refractivity contribution in [2.75, 3.05) is 11.9 Å². The molecule has 0 unspecified atom stereocenters. The molecule has 0 saturated carbocycles. The van der Waals surface area contributed by atoms with Gasteiger partial charge in [0.15, 0.2) is 0 Å². The maximum absolute atomic E-state index is 6.13. The van der Waals surface area contributed by atoms with Gasteiger partial charge in [0.2, 0.25) is 0 Å². The molecule has 0 fully saturated rings. The van der Waals surface area contributed by atoms with E-state index in [4.69, 9.17) is 11.6 Å². The molecule has 2 rings (SSSR count). The van der Waals surface area contributed by atoms with E-state index in [1.54, 1.807) is 6.20 Å². The maximum Gasteiger partial charge on any atom is 0.137 e. The van der Waals surface area contributed by atoms with E-state index in [2.05, 4.69) is 34.2 Å². The van der Waals surface area contributed by atoms with Gasteiger partial charge in [0, 0.05) is 30.4 Å². The minimum atomic E-state index is 0.254. The van der Waals surface area contributed by atoms with Crippen LogP contribution in [0.5, 0.6) is 0 Å². The van der Waals surface area contributed by atoms with Gasteiger partial charge in [-0.1, -0.05) is 25.4 Å². The average Bonchev–Trinajstić information content (AvgIpc) is 2.87. The van der Waals surface area contributed by atoms with Gasteiger partial charge in [-0.2, -0.15) is 5.10 Å². The molecule has 0 saturated heterocycles. The van der Waals surface area contributed by atoms with Crippen molar-refractivity contribution in [1.82, 2.24) is 19.7 Å². The summed E-state index contributed by atoms with van der Waals surface area (Å²) >= 11 is 6.13. The summed E-state index contributed by atoms with van der Waals surface area (Å²) in [5.41, 5.74) is 0.881. The zero-order valence-electron chi connectivity index (χ0n) is 11.4. The Hall–Kier alpha value is -1.62. The van der Waals surface area contributed by atoms with Crippen molar-refractivity contribution in [3.05, 3.63) is 35.0 Å². The van der Waals surface area contributed by atoms with Crippen molar-refractivity contribution in [3.63, 3.8) is 0 Å². The molecule has 2 heterocycles. The molecule has 102 valence electrons. The quantitative estimate of drug-likeness (QED) is 0.855. The van der Waals surface area contributed by atoms with Crippen molar-refractivity contribution in [2.45, 2.75) is 33.2 Å². The SMILES string of the molecule is Cc1c(Cl)nc(C(C)C)nc1NCCn1cccn1. The Balaban J connectivity index is 2.06. The first-order valence-electron chi connectivity index (χ1n) is 6.33. The highest BCUT2D eigenvalue weighted by molar-refractivity contribution is 6.30. The van der Waals surface area contributed by atoms with Crippen LogP contribution in [0.4, 0.5) is 5.82 Å². The van der Waals surface area contributed by atoms with Crippen LogP contribution in [0, 0.1) is 6.92 Å². The fraction of sp³-hybridized carbons (Fsp3) is 0.462. The highest BCUT2D eigenvalue weighted by atomic mass is 35.5. The molecule has 0 atom stereocenters. The fourth-order valence-corrected chi connectivity index (χ4v) is 1.83. The van der Waals surface area contributed by atoms with Gasteiger partial charge in [-0.05, 0) is 13.0 Å². The molecule has 2 aromatic rings. The van der Waals surface area contributed by atoms with E-state index in [0.29, 0.717) is 5.15 Å². The highest BCUT2D eigenvalue weighted by Crippen LogP contribution is 2.22. The van der Waals surface area contributed by atoms with Gasteiger partial charge >= 0.3 is 0 Å². The number of nitrogens with one attached hydrogen (secondary N) is 1. The molecule has 0 aliphatic rings. The van der Waals surface area contributed by atoms with Gasteiger partial charge in [0.1, 0.15) is 16.8 Å². The Kier molecular flexibility index (Phi) is 4.37. The minimum Gasteiger partial charge on any atom is -0.368 e. The van der Waals surface area contributed by atoms with Gasteiger partial charge in [0.25, 0.3) is 0 Å². The van der Waals surface area contributed by atoms with Crippen LogP contribution in [0.3, 0.4) is 0 Å². The van der Waals surface area contributed by atoms with E-state index >= 15 is 0 Å². The maximum atomic E-state index is 6.13. The summed E-state index contributed by atoms with van der Waals surface area (Å²) in [4.78, 5) is 8.80. The standard InChI is InChI=1S/C13H18ClN5/c1-9(2)12-17-11(14)10(3)13(18-12)15-6-8-19-7-4-5-16-19/h4-5,7,9H,6,8H2,1-3H3,(H,15,17,18).